The van der Waals surface area contributed by atoms with Crippen molar-refractivity contribution in [3.63, 3.8) is 0 Å². The number of hydrogen-bond acceptors (Lipinski definition) is 3. The van der Waals surface area contributed by atoms with Crippen molar-refractivity contribution in [2.75, 3.05) is 24.1 Å². The Morgan fingerprint density at radius 1 is 1.53 bits per heavy atom. The molecule has 0 atom stereocenters. The van der Waals surface area contributed by atoms with Gasteiger partial charge in [0.2, 0.25) is 5.91 Å². The van der Waals surface area contributed by atoms with Gasteiger partial charge in [0.15, 0.2) is 0 Å². The number of benzene rings is 1. The lowest BCUT2D eigenvalue weighted by Gasteiger charge is -2.07. The van der Waals surface area contributed by atoms with Gasteiger partial charge in [-0.05, 0) is 25.1 Å². The van der Waals surface area contributed by atoms with E-state index < -0.39 is 5.82 Å². The molecule has 0 aliphatic rings. The SMILES string of the molecule is CCNC(=O)CNc1ccc(N)cc1F. The highest BCUT2D eigenvalue weighted by Crippen LogP contribution is 2.16. The minimum absolute atomic E-state index is 0.0503. The monoisotopic (exact) mass is 211 g/mol. The minimum atomic E-state index is -0.459. The van der Waals surface area contributed by atoms with Gasteiger partial charge < -0.3 is 16.4 Å². The van der Waals surface area contributed by atoms with Crippen LogP contribution in [0.1, 0.15) is 6.92 Å². The highest BCUT2D eigenvalue weighted by Gasteiger charge is 2.03. The Balaban J connectivity index is 2.54. The first-order valence-electron chi connectivity index (χ1n) is 4.69. The number of nitrogen functional groups attached to an aromatic ring is 1. The molecule has 0 aliphatic heterocycles. The van der Waals surface area contributed by atoms with Crippen molar-refractivity contribution in [1.29, 1.82) is 0 Å². The fraction of sp³-hybridized carbons (Fsp3) is 0.300. The molecule has 15 heavy (non-hydrogen) atoms. The number of hydrogen-bond donors (Lipinski definition) is 3. The van der Waals surface area contributed by atoms with E-state index in [-0.39, 0.29) is 18.1 Å². The van der Waals surface area contributed by atoms with Crippen LogP contribution in [0.4, 0.5) is 15.8 Å². The number of carbonyl (C=O) groups is 1. The third kappa shape index (κ3) is 3.46. The number of carbonyl (C=O) groups excluding carboxylic acids is 1. The van der Waals surface area contributed by atoms with Gasteiger partial charge >= 0.3 is 0 Å². The maximum Gasteiger partial charge on any atom is 0.239 e. The van der Waals surface area contributed by atoms with E-state index in [1.54, 1.807) is 6.07 Å². The van der Waals surface area contributed by atoms with Gasteiger partial charge in [-0.2, -0.15) is 0 Å². The predicted molar refractivity (Wildman–Crippen MR) is 58.0 cm³/mol. The summed E-state index contributed by atoms with van der Waals surface area (Å²) in [5.41, 5.74) is 6.02. The topological polar surface area (TPSA) is 67.2 Å². The maximum absolute atomic E-state index is 13.2. The van der Waals surface area contributed by atoms with Gasteiger partial charge in [0.25, 0.3) is 0 Å². The highest BCUT2D eigenvalue weighted by atomic mass is 19.1. The van der Waals surface area contributed by atoms with Crippen LogP contribution in [-0.4, -0.2) is 19.0 Å². The number of anilines is 2. The summed E-state index contributed by atoms with van der Waals surface area (Å²) in [4.78, 5) is 11.1. The smallest absolute Gasteiger partial charge is 0.239 e. The summed E-state index contributed by atoms with van der Waals surface area (Å²) in [6.45, 7) is 2.43. The van der Waals surface area contributed by atoms with Crippen LogP contribution in [0.3, 0.4) is 0 Å². The molecule has 1 rings (SSSR count). The molecule has 0 bridgehead atoms. The zero-order chi connectivity index (χ0) is 11.3. The van der Waals surface area contributed by atoms with Crippen LogP contribution in [0.2, 0.25) is 0 Å². The van der Waals surface area contributed by atoms with E-state index in [1.165, 1.54) is 12.1 Å². The van der Waals surface area contributed by atoms with Crippen molar-refractivity contribution in [3.8, 4) is 0 Å². The normalized spacial score (nSPS) is 9.73. The van der Waals surface area contributed by atoms with E-state index in [9.17, 15) is 9.18 Å². The second-order valence-corrected chi connectivity index (χ2v) is 3.05. The summed E-state index contributed by atoms with van der Waals surface area (Å²) in [5.74, 6) is -0.631. The average molecular weight is 211 g/mol. The lowest BCUT2D eigenvalue weighted by atomic mass is 10.2. The van der Waals surface area contributed by atoms with E-state index >= 15 is 0 Å². The molecule has 0 aromatic heterocycles. The van der Waals surface area contributed by atoms with Crippen molar-refractivity contribution in [2.24, 2.45) is 0 Å². The second-order valence-electron chi connectivity index (χ2n) is 3.05. The summed E-state index contributed by atoms with van der Waals surface area (Å²) in [6, 6.07) is 4.28. The first kappa shape index (κ1) is 11.3. The zero-order valence-electron chi connectivity index (χ0n) is 8.51. The number of likely N-dealkylation sites (N-methyl/N-ethyl adjacent to an activating group) is 1. The first-order valence-corrected chi connectivity index (χ1v) is 4.69. The van der Waals surface area contributed by atoms with Crippen LogP contribution < -0.4 is 16.4 Å². The Kier molecular flexibility index (Phi) is 3.91. The van der Waals surface area contributed by atoms with Gasteiger partial charge in [-0.3, -0.25) is 4.79 Å². The summed E-state index contributed by atoms with van der Waals surface area (Å²) in [7, 11) is 0. The quantitative estimate of drug-likeness (QED) is 0.650. The Bertz CT molecular complexity index is 355. The number of nitrogens with two attached hydrogens (primary N) is 1. The van der Waals surface area contributed by atoms with Crippen LogP contribution in [0, 0.1) is 5.82 Å². The fourth-order valence-corrected chi connectivity index (χ4v) is 1.11. The van der Waals surface area contributed by atoms with E-state index in [0.717, 1.165) is 0 Å². The van der Waals surface area contributed by atoms with E-state index in [2.05, 4.69) is 10.6 Å². The van der Waals surface area contributed by atoms with Crippen molar-refractivity contribution in [2.45, 2.75) is 6.92 Å². The lowest BCUT2D eigenvalue weighted by molar-refractivity contribution is -0.119. The molecule has 1 amide bonds. The molecule has 4 N–H and O–H groups in total. The molecule has 1 aromatic carbocycles. The lowest BCUT2D eigenvalue weighted by Crippen LogP contribution is -2.29. The second kappa shape index (κ2) is 5.19. The number of rotatable bonds is 4. The molecular weight excluding hydrogens is 197 g/mol. The van der Waals surface area contributed by atoms with Crippen molar-refractivity contribution >= 4 is 17.3 Å². The van der Waals surface area contributed by atoms with Crippen molar-refractivity contribution < 1.29 is 9.18 Å². The molecular formula is C10H14FN3O. The standard InChI is InChI=1S/C10H14FN3O/c1-2-13-10(15)6-14-9-4-3-7(12)5-8(9)11/h3-5,14H,2,6,12H2,1H3,(H,13,15). The van der Waals surface area contributed by atoms with Gasteiger partial charge in [-0.25, -0.2) is 4.39 Å². The molecule has 0 fully saturated rings. The number of halogens is 1. The third-order valence-corrected chi connectivity index (χ3v) is 1.81. The summed E-state index contributed by atoms with van der Waals surface area (Å²) >= 11 is 0. The van der Waals surface area contributed by atoms with Crippen LogP contribution in [0.15, 0.2) is 18.2 Å². The van der Waals surface area contributed by atoms with Crippen LogP contribution in [0.25, 0.3) is 0 Å². The van der Waals surface area contributed by atoms with Crippen LogP contribution >= 0.6 is 0 Å². The maximum atomic E-state index is 13.2. The van der Waals surface area contributed by atoms with E-state index in [1.807, 2.05) is 6.92 Å². The molecule has 0 aliphatic carbocycles. The number of nitrogens with one attached hydrogen (secondary N) is 2. The molecule has 0 saturated heterocycles. The molecule has 5 heteroatoms. The van der Waals surface area contributed by atoms with Crippen LogP contribution in [-0.2, 0) is 4.79 Å². The Morgan fingerprint density at radius 2 is 2.27 bits per heavy atom. The zero-order valence-corrected chi connectivity index (χ0v) is 8.51. The fourth-order valence-electron chi connectivity index (χ4n) is 1.11. The Hall–Kier alpha value is -1.78. The van der Waals surface area contributed by atoms with Gasteiger partial charge in [-0.15, -0.1) is 0 Å². The first-order chi connectivity index (χ1) is 7.13. The minimum Gasteiger partial charge on any atom is -0.399 e. The molecule has 0 unspecified atom stereocenters. The van der Waals surface area contributed by atoms with Gasteiger partial charge in [-0.1, -0.05) is 0 Å². The third-order valence-electron chi connectivity index (χ3n) is 1.81. The largest absolute Gasteiger partial charge is 0.399 e. The molecule has 0 radical (unpaired) electrons. The highest BCUT2D eigenvalue weighted by molar-refractivity contribution is 5.80. The van der Waals surface area contributed by atoms with Crippen molar-refractivity contribution in [1.82, 2.24) is 5.32 Å². The van der Waals surface area contributed by atoms with E-state index in [4.69, 9.17) is 5.73 Å². The summed E-state index contributed by atoms with van der Waals surface area (Å²) in [6.07, 6.45) is 0. The van der Waals surface area contributed by atoms with Gasteiger partial charge in [0.05, 0.1) is 12.2 Å². The summed E-state index contributed by atoms with van der Waals surface area (Å²) in [5, 5.41) is 5.28. The average Bonchev–Trinajstić information content (AvgIpc) is 2.17. The Morgan fingerprint density at radius 3 is 2.87 bits per heavy atom. The van der Waals surface area contributed by atoms with E-state index in [0.29, 0.717) is 12.2 Å². The molecule has 0 saturated carbocycles. The van der Waals surface area contributed by atoms with Gasteiger partial charge in [0.1, 0.15) is 5.82 Å². The molecule has 1 aromatic rings. The van der Waals surface area contributed by atoms with Gasteiger partial charge in [0, 0.05) is 12.2 Å². The number of amides is 1. The van der Waals surface area contributed by atoms with Crippen molar-refractivity contribution in [3.05, 3.63) is 24.0 Å². The molecule has 82 valence electrons. The Labute approximate surface area is 87.7 Å². The molecule has 0 spiro atoms. The van der Waals surface area contributed by atoms with Crippen LogP contribution in [0.5, 0.6) is 0 Å². The predicted octanol–water partition coefficient (Wildman–Crippen LogP) is 0.956. The molecule has 4 nitrogen and oxygen atoms in total. The molecule has 0 heterocycles. The summed E-state index contributed by atoms with van der Waals surface area (Å²) < 4.78 is 13.2.